The molecule has 0 amide bonds. The number of hydrogen-bond acceptors (Lipinski definition) is 2. The van der Waals surface area contributed by atoms with Crippen molar-refractivity contribution in [1.82, 2.24) is 5.32 Å². The molecule has 1 heterocycles. The fraction of sp³-hybridized carbons (Fsp3) is 1.00. The third-order valence-corrected chi connectivity index (χ3v) is 4.11. The average molecular weight is 255 g/mol. The summed E-state index contributed by atoms with van der Waals surface area (Å²) in [6.07, 6.45) is 12.2. The van der Waals surface area contributed by atoms with E-state index in [0.717, 1.165) is 19.1 Å². The predicted molar refractivity (Wildman–Crippen MR) is 79.0 cm³/mol. The zero-order valence-corrected chi connectivity index (χ0v) is 12.5. The highest BCUT2D eigenvalue weighted by Gasteiger charge is 2.12. The first-order valence-electron chi connectivity index (χ1n) is 8.14. The molecular weight excluding hydrogens is 222 g/mol. The molecule has 0 radical (unpaired) electrons. The summed E-state index contributed by atoms with van der Waals surface area (Å²) in [7, 11) is 0. The van der Waals surface area contributed by atoms with Crippen molar-refractivity contribution in [1.29, 1.82) is 0 Å². The Labute approximate surface area is 114 Å². The van der Waals surface area contributed by atoms with E-state index in [9.17, 15) is 0 Å². The number of ether oxygens (including phenoxy) is 1. The first-order chi connectivity index (χ1) is 8.83. The van der Waals surface area contributed by atoms with Crippen LogP contribution in [0.25, 0.3) is 0 Å². The fourth-order valence-corrected chi connectivity index (χ4v) is 2.74. The van der Waals surface area contributed by atoms with Gasteiger partial charge < -0.3 is 10.1 Å². The molecule has 1 rings (SSSR count). The molecule has 108 valence electrons. The van der Waals surface area contributed by atoms with Crippen LogP contribution < -0.4 is 5.32 Å². The van der Waals surface area contributed by atoms with E-state index in [0.29, 0.717) is 6.04 Å². The van der Waals surface area contributed by atoms with Crippen LogP contribution in [0.3, 0.4) is 0 Å². The standard InChI is InChI=1S/C16H33NO/c1-3-4-5-8-15(2)17-12-7-6-9-16-10-13-18-14-11-16/h15-17H,3-14H2,1-2H3. The molecule has 1 atom stereocenters. The van der Waals surface area contributed by atoms with E-state index in [1.165, 1.54) is 64.3 Å². The Hall–Kier alpha value is -0.0800. The van der Waals surface area contributed by atoms with Gasteiger partial charge in [0, 0.05) is 19.3 Å². The molecule has 18 heavy (non-hydrogen) atoms. The van der Waals surface area contributed by atoms with Crippen LogP contribution in [0.2, 0.25) is 0 Å². The van der Waals surface area contributed by atoms with E-state index in [2.05, 4.69) is 19.2 Å². The lowest BCUT2D eigenvalue weighted by Crippen LogP contribution is -2.27. The van der Waals surface area contributed by atoms with Gasteiger partial charge in [-0.05, 0) is 45.1 Å². The number of rotatable bonds is 10. The topological polar surface area (TPSA) is 21.3 Å². The number of nitrogens with one attached hydrogen (secondary N) is 1. The Morgan fingerprint density at radius 2 is 1.89 bits per heavy atom. The van der Waals surface area contributed by atoms with Crippen LogP contribution in [0.4, 0.5) is 0 Å². The first kappa shape index (κ1) is 16.0. The van der Waals surface area contributed by atoms with Crippen molar-refractivity contribution in [3.8, 4) is 0 Å². The summed E-state index contributed by atoms with van der Waals surface area (Å²) < 4.78 is 5.39. The molecule has 1 aliphatic rings. The van der Waals surface area contributed by atoms with Gasteiger partial charge in [0.1, 0.15) is 0 Å². The maximum absolute atomic E-state index is 5.39. The quantitative estimate of drug-likeness (QED) is 0.592. The van der Waals surface area contributed by atoms with Crippen molar-refractivity contribution in [2.45, 2.75) is 77.7 Å². The van der Waals surface area contributed by atoms with Gasteiger partial charge in [-0.1, -0.05) is 39.0 Å². The molecule has 2 nitrogen and oxygen atoms in total. The summed E-state index contributed by atoms with van der Waals surface area (Å²) >= 11 is 0. The molecule has 1 unspecified atom stereocenters. The van der Waals surface area contributed by atoms with Crippen molar-refractivity contribution in [3.63, 3.8) is 0 Å². The molecule has 0 spiro atoms. The highest BCUT2D eigenvalue weighted by molar-refractivity contribution is 4.65. The van der Waals surface area contributed by atoms with Gasteiger partial charge in [-0.25, -0.2) is 0 Å². The van der Waals surface area contributed by atoms with E-state index in [1.807, 2.05) is 0 Å². The van der Waals surface area contributed by atoms with Crippen molar-refractivity contribution in [2.75, 3.05) is 19.8 Å². The van der Waals surface area contributed by atoms with Crippen LogP contribution in [0.5, 0.6) is 0 Å². The molecule has 0 aromatic rings. The van der Waals surface area contributed by atoms with Gasteiger partial charge >= 0.3 is 0 Å². The molecule has 0 aromatic heterocycles. The lowest BCUT2D eigenvalue weighted by molar-refractivity contribution is 0.0631. The summed E-state index contributed by atoms with van der Waals surface area (Å²) in [6.45, 7) is 7.80. The van der Waals surface area contributed by atoms with Gasteiger partial charge in [0.15, 0.2) is 0 Å². The minimum atomic E-state index is 0.708. The third-order valence-electron chi connectivity index (χ3n) is 4.11. The molecule has 0 aliphatic carbocycles. The highest BCUT2D eigenvalue weighted by atomic mass is 16.5. The van der Waals surface area contributed by atoms with Gasteiger partial charge in [0.25, 0.3) is 0 Å². The second-order valence-electron chi connectivity index (χ2n) is 5.90. The molecule has 1 N–H and O–H groups in total. The summed E-state index contributed by atoms with van der Waals surface area (Å²) in [6, 6.07) is 0.708. The molecule has 1 fully saturated rings. The Morgan fingerprint density at radius 3 is 2.61 bits per heavy atom. The maximum atomic E-state index is 5.39. The summed E-state index contributed by atoms with van der Waals surface area (Å²) in [5, 5.41) is 3.65. The Balaban J connectivity index is 1.85. The monoisotopic (exact) mass is 255 g/mol. The van der Waals surface area contributed by atoms with Crippen LogP contribution in [0, 0.1) is 5.92 Å². The predicted octanol–water partition coefficient (Wildman–Crippen LogP) is 4.14. The molecule has 1 saturated heterocycles. The summed E-state index contributed by atoms with van der Waals surface area (Å²) in [5.74, 6) is 0.945. The lowest BCUT2D eigenvalue weighted by Gasteiger charge is -2.22. The molecule has 2 heteroatoms. The van der Waals surface area contributed by atoms with Gasteiger partial charge in [-0.3, -0.25) is 0 Å². The molecule has 1 aliphatic heterocycles. The van der Waals surface area contributed by atoms with Crippen molar-refractivity contribution < 1.29 is 4.74 Å². The fourth-order valence-electron chi connectivity index (χ4n) is 2.74. The van der Waals surface area contributed by atoms with Crippen molar-refractivity contribution >= 4 is 0 Å². The second kappa shape index (κ2) is 10.8. The van der Waals surface area contributed by atoms with E-state index < -0.39 is 0 Å². The molecular formula is C16H33NO. The van der Waals surface area contributed by atoms with Crippen LogP contribution in [-0.2, 0) is 4.74 Å². The average Bonchev–Trinajstić information content (AvgIpc) is 2.40. The smallest absolute Gasteiger partial charge is 0.0468 e. The summed E-state index contributed by atoms with van der Waals surface area (Å²) in [5.41, 5.74) is 0. The van der Waals surface area contributed by atoms with Crippen LogP contribution in [0.15, 0.2) is 0 Å². The SMILES string of the molecule is CCCCCC(C)NCCCCC1CCOCC1. The van der Waals surface area contributed by atoms with E-state index in [1.54, 1.807) is 0 Å². The minimum absolute atomic E-state index is 0.708. The summed E-state index contributed by atoms with van der Waals surface area (Å²) in [4.78, 5) is 0. The Kier molecular flexibility index (Phi) is 9.59. The number of unbranched alkanes of at least 4 members (excludes halogenated alkanes) is 3. The first-order valence-corrected chi connectivity index (χ1v) is 8.14. The second-order valence-corrected chi connectivity index (χ2v) is 5.90. The van der Waals surface area contributed by atoms with Gasteiger partial charge in [-0.2, -0.15) is 0 Å². The van der Waals surface area contributed by atoms with Crippen molar-refractivity contribution in [2.24, 2.45) is 5.92 Å². The van der Waals surface area contributed by atoms with Crippen LogP contribution in [-0.4, -0.2) is 25.8 Å². The largest absolute Gasteiger partial charge is 0.381 e. The normalized spacial score (nSPS) is 19.0. The highest BCUT2D eigenvalue weighted by Crippen LogP contribution is 2.20. The van der Waals surface area contributed by atoms with E-state index >= 15 is 0 Å². The maximum Gasteiger partial charge on any atom is 0.0468 e. The lowest BCUT2D eigenvalue weighted by atomic mass is 9.94. The van der Waals surface area contributed by atoms with Gasteiger partial charge in [0.2, 0.25) is 0 Å². The Bertz CT molecular complexity index is 178. The zero-order chi connectivity index (χ0) is 13.1. The van der Waals surface area contributed by atoms with Gasteiger partial charge in [-0.15, -0.1) is 0 Å². The number of hydrogen-bond donors (Lipinski definition) is 1. The van der Waals surface area contributed by atoms with E-state index in [-0.39, 0.29) is 0 Å². The van der Waals surface area contributed by atoms with Gasteiger partial charge in [0.05, 0.1) is 0 Å². The molecule has 0 bridgehead atoms. The van der Waals surface area contributed by atoms with Crippen LogP contribution >= 0.6 is 0 Å². The van der Waals surface area contributed by atoms with Crippen molar-refractivity contribution in [3.05, 3.63) is 0 Å². The minimum Gasteiger partial charge on any atom is -0.381 e. The van der Waals surface area contributed by atoms with Crippen LogP contribution in [0.1, 0.15) is 71.6 Å². The van der Waals surface area contributed by atoms with E-state index in [4.69, 9.17) is 4.74 Å². The molecule has 0 saturated carbocycles. The zero-order valence-electron chi connectivity index (χ0n) is 12.5. The Morgan fingerprint density at radius 1 is 1.11 bits per heavy atom. The third kappa shape index (κ3) is 8.10. The molecule has 0 aromatic carbocycles.